The summed E-state index contributed by atoms with van der Waals surface area (Å²) in [5.74, 6) is 0.0506. The molecule has 0 radical (unpaired) electrons. The smallest absolute Gasteiger partial charge is 0.256 e. The van der Waals surface area contributed by atoms with Crippen LogP contribution in [0.1, 0.15) is 21.6 Å². The van der Waals surface area contributed by atoms with Crippen molar-refractivity contribution in [1.29, 1.82) is 0 Å². The highest BCUT2D eigenvalue weighted by atomic mass is 16.3. The number of para-hydroxylation sites is 1. The molecule has 110 valence electrons. The fourth-order valence-electron chi connectivity index (χ4n) is 3.07. The molecule has 0 unspecified atom stereocenters. The van der Waals surface area contributed by atoms with Gasteiger partial charge in [-0.15, -0.1) is 0 Å². The van der Waals surface area contributed by atoms with Gasteiger partial charge in [0.2, 0.25) is 0 Å². The topological polar surface area (TPSA) is 38.4 Å². The van der Waals surface area contributed by atoms with Crippen LogP contribution in [-0.2, 0) is 7.05 Å². The molecule has 3 heterocycles. The van der Waals surface area contributed by atoms with Gasteiger partial charge in [0.05, 0.1) is 17.5 Å². The van der Waals surface area contributed by atoms with Gasteiger partial charge in [-0.3, -0.25) is 4.79 Å². The molecule has 1 aliphatic rings. The first kappa shape index (κ1) is 13.0. The van der Waals surface area contributed by atoms with Gasteiger partial charge in [0.25, 0.3) is 5.91 Å². The third-order valence-electron chi connectivity index (χ3n) is 4.25. The van der Waals surface area contributed by atoms with E-state index in [-0.39, 0.29) is 5.91 Å². The Balaban J connectivity index is 2.00. The minimum absolute atomic E-state index is 0.0506. The molecule has 0 spiro atoms. The number of amides is 1. The fourth-order valence-corrected chi connectivity index (χ4v) is 3.07. The van der Waals surface area contributed by atoms with E-state index in [1.807, 2.05) is 55.2 Å². The largest absolute Gasteiger partial charge is 0.464 e. The lowest BCUT2D eigenvalue weighted by molar-refractivity contribution is 0.0811. The molecule has 4 rings (SSSR count). The monoisotopic (exact) mass is 292 g/mol. The van der Waals surface area contributed by atoms with Crippen LogP contribution in [0, 0.1) is 0 Å². The molecule has 4 nitrogen and oxygen atoms in total. The summed E-state index contributed by atoms with van der Waals surface area (Å²) in [6.45, 7) is 0.586. The zero-order valence-electron chi connectivity index (χ0n) is 12.5. The second-order valence-electron chi connectivity index (χ2n) is 5.64. The molecule has 3 aromatic rings. The second kappa shape index (κ2) is 4.63. The average Bonchev–Trinajstić information content (AvgIpc) is 3.09. The van der Waals surface area contributed by atoms with Crippen molar-refractivity contribution in [3.05, 3.63) is 65.7 Å². The first-order chi connectivity index (χ1) is 10.7. The van der Waals surface area contributed by atoms with E-state index in [2.05, 4.69) is 6.08 Å². The van der Waals surface area contributed by atoms with Gasteiger partial charge in [0, 0.05) is 43.4 Å². The number of carbonyl (C=O) groups excluding carboxylic acids is 1. The molecule has 1 aromatic carbocycles. The highest BCUT2D eigenvalue weighted by molar-refractivity contribution is 6.04. The van der Waals surface area contributed by atoms with E-state index in [0.29, 0.717) is 6.54 Å². The van der Waals surface area contributed by atoms with Gasteiger partial charge in [-0.25, -0.2) is 0 Å². The summed E-state index contributed by atoms with van der Waals surface area (Å²) < 4.78 is 7.68. The number of furan rings is 1. The molecule has 0 N–H and O–H groups in total. The molecule has 2 aromatic heterocycles. The van der Waals surface area contributed by atoms with Crippen molar-refractivity contribution in [2.24, 2.45) is 7.05 Å². The number of hydrogen-bond donors (Lipinski definition) is 0. The first-order valence-electron chi connectivity index (χ1n) is 7.24. The molecule has 0 saturated heterocycles. The van der Waals surface area contributed by atoms with Crippen LogP contribution in [0.25, 0.3) is 16.5 Å². The predicted octanol–water partition coefficient (Wildman–Crippen LogP) is 3.29. The number of benzene rings is 1. The first-order valence-corrected chi connectivity index (χ1v) is 7.24. The van der Waals surface area contributed by atoms with Crippen LogP contribution < -0.4 is 0 Å². The van der Waals surface area contributed by atoms with E-state index < -0.39 is 0 Å². The van der Waals surface area contributed by atoms with Crippen LogP contribution in [0.3, 0.4) is 0 Å². The third kappa shape index (κ3) is 1.73. The lowest BCUT2D eigenvalue weighted by atomic mass is 9.99. The van der Waals surface area contributed by atoms with Crippen LogP contribution >= 0.6 is 0 Å². The molecular formula is C18H16N2O2. The highest BCUT2D eigenvalue weighted by Crippen LogP contribution is 2.34. The molecule has 0 atom stereocenters. The SMILES string of the molecule is CN1CC=C(c2coc3ccccc23)c2c(ccn2C)C1=O. The van der Waals surface area contributed by atoms with E-state index in [9.17, 15) is 4.79 Å². The quantitative estimate of drug-likeness (QED) is 0.690. The summed E-state index contributed by atoms with van der Waals surface area (Å²) >= 11 is 0. The Labute approximate surface area is 128 Å². The minimum atomic E-state index is 0.0506. The number of aryl methyl sites for hydroxylation is 1. The Morgan fingerprint density at radius 3 is 2.77 bits per heavy atom. The number of aromatic nitrogens is 1. The number of fused-ring (bicyclic) bond motifs is 2. The van der Waals surface area contributed by atoms with Gasteiger partial charge in [-0.05, 0) is 12.1 Å². The fraction of sp³-hybridized carbons (Fsp3) is 0.167. The van der Waals surface area contributed by atoms with E-state index >= 15 is 0 Å². The molecule has 0 saturated carbocycles. The van der Waals surface area contributed by atoms with Gasteiger partial charge in [-0.1, -0.05) is 24.3 Å². The summed E-state index contributed by atoms with van der Waals surface area (Å²) in [5, 5.41) is 1.07. The summed E-state index contributed by atoms with van der Waals surface area (Å²) in [4.78, 5) is 14.2. The van der Waals surface area contributed by atoms with Crippen LogP contribution in [0.4, 0.5) is 0 Å². The Morgan fingerprint density at radius 1 is 1.09 bits per heavy atom. The zero-order valence-corrected chi connectivity index (χ0v) is 12.5. The van der Waals surface area contributed by atoms with E-state index in [1.54, 1.807) is 11.2 Å². The number of rotatable bonds is 1. The standard InChI is InChI=1S/C18H16N2O2/c1-19-9-8-14-17(19)13(7-10-20(2)18(14)21)15-11-22-16-6-4-3-5-12(15)16/h3-9,11H,10H2,1-2H3. The molecule has 0 fully saturated rings. The van der Waals surface area contributed by atoms with Gasteiger partial charge in [0.1, 0.15) is 5.58 Å². The summed E-state index contributed by atoms with van der Waals surface area (Å²) in [5.41, 5.74) is 4.62. The van der Waals surface area contributed by atoms with Gasteiger partial charge in [0.15, 0.2) is 0 Å². The third-order valence-corrected chi connectivity index (χ3v) is 4.25. The number of nitrogens with zero attached hydrogens (tertiary/aromatic N) is 2. The lowest BCUT2D eigenvalue weighted by Gasteiger charge is -2.12. The molecule has 0 aliphatic carbocycles. The molecule has 4 heteroatoms. The van der Waals surface area contributed by atoms with Crippen LogP contribution in [0.15, 0.2) is 53.3 Å². The summed E-state index contributed by atoms with van der Waals surface area (Å²) in [6, 6.07) is 9.85. The molecule has 1 amide bonds. The van der Waals surface area contributed by atoms with E-state index in [0.717, 1.165) is 33.4 Å². The Kier molecular flexibility index (Phi) is 2.73. The van der Waals surface area contributed by atoms with Crippen LogP contribution in [-0.4, -0.2) is 29.0 Å². The number of likely N-dealkylation sites (N-methyl/N-ethyl adjacent to an activating group) is 1. The van der Waals surface area contributed by atoms with Crippen LogP contribution in [0.5, 0.6) is 0 Å². The Bertz CT molecular complexity index is 914. The number of carbonyl (C=O) groups is 1. The molecular weight excluding hydrogens is 276 g/mol. The van der Waals surface area contributed by atoms with Crippen molar-refractivity contribution in [2.75, 3.05) is 13.6 Å². The zero-order chi connectivity index (χ0) is 15.3. The Morgan fingerprint density at radius 2 is 1.91 bits per heavy atom. The molecule has 22 heavy (non-hydrogen) atoms. The Hall–Kier alpha value is -2.75. The average molecular weight is 292 g/mol. The van der Waals surface area contributed by atoms with Gasteiger partial charge in [-0.2, -0.15) is 0 Å². The van der Waals surface area contributed by atoms with Crippen molar-refractivity contribution in [2.45, 2.75) is 0 Å². The van der Waals surface area contributed by atoms with Crippen molar-refractivity contribution >= 4 is 22.4 Å². The van der Waals surface area contributed by atoms with E-state index in [1.165, 1.54) is 0 Å². The lowest BCUT2D eigenvalue weighted by Crippen LogP contribution is -2.25. The summed E-state index contributed by atoms with van der Waals surface area (Å²) in [6.07, 6.45) is 5.81. The van der Waals surface area contributed by atoms with E-state index in [4.69, 9.17) is 4.42 Å². The molecule has 0 bridgehead atoms. The van der Waals surface area contributed by atoms with Crippen molar-refractivity contribution in [3.8, 4) is 0 Å². The van der Waals surface area contributed by atoms with Crippen molar-refractivity contribution in [1.82, 2.24) is 9.47 Å². The maximum Gasteiger partial charge on any atom is 0.256 e. The maximum atomic E-state index is 12.5. The number of hydrogen-bond acceptors (Lipinski definition) is 2. The highest BCUT2D eigenvalue weighted by Gasteiger charge is 2.26. The summed E-state index contributed by atoms with van der Waals surface area (Å²) in [7, 11) is 3.79. The second-order valence-corrected chi connectivity index (χ2v) is 5.64. The van der Waals surface area contributed by atoms with Gasteiger partial charge < -0.3 is 13.9 Å². The van der Waals surface area contributed by atoms with Crippen LogP contribution in [0.2, 0.25) is 0 Å². The molecule has 1 aliphatic heterocycles. The van der Waals surface area contributed by atoms with Crippen molar-refractivity contribution in [3.63, 3.8) is 0 Å². The predicted molar refractivity (Wildman–Crippen MR) is 85.7 cm³/mol. The minimum Gasteiger partial charge on any atom is -0.464 e. The maximum absolute atomic E-state index is 12.5. The van der Waals surface area contributed by atoms with Crippen molar-refractivity contribution < 1.29 is 9.21 Å². The van der Waals surface area contributed by atoms with Gasteiger partial charge >= 0.3 is 0 Å². The normalized spacial score (nSPS) is 14.9.